The van der Waals surface area contributed by atoms with Crippen LogP contribution in [0.15, 0.2) is 6.07 Å². The summed E-state index contributed by atoms with van der Waals surface area (Å²) in [7, 11) is 0. The molecule has 1 aromatic rings. The molecule has 0 saturated heterocycles. The van der Waals surface area contributed by atoms with E-state index in [1.54, 1.807) is 6.92 Å². The third-order valence-electron chi connectivity index (χ3n) is 1.67. The van der Waals surface area contributed by atoms with Crippen LogP contribution in [0.25, 0.3) is 0 Å². The second-order valence-electron chi connectivity index (χ2n) is 3.02. The number of aliphatic hydroxyl groups excluding tert-OH is 1. The smallest absolute Gasteiger partial charge is 0.433 e. The van der Waals surface area contributed by atoms with Crippen LogP contribution in [0.1, 0.15) is 12.6 Å². The maximum absolute atomic E-state index is 12.5. The van der Waals surface area contributed by atoms with Crippen molar-refractivity contribution in [1.82, 2.24) is 9.97 Å². The van der Waals surface area contributed by atoms with Crippen LogP contribution in [0.3, 0.4) is 0 Å². The molecule has 0 saturated carbocycles. The van der Waals surface area contributed by atoms with Gasteiger partial charge in [-0.25, -0.2) is 4.98 Å². The third-order valence-corrected chi connectivity index (χ3v) is 1.67. The topological polar surface area (TPSA) is 67.3 Å². The second kappa shape index (κ2) is 5.67. The molecule has 0 aliphatic rings. The van der Waals surface area contributed by atoms with Crippen molar-refractivity contribution in [3.63, 3.8) is 0 Å². The molecule has 5 nitrogen and oxygen atoms in total. The molecule has 2 N–H and O–H groups in total. The van der Waals surface area contributed by atoms with E-state index in [9.17, 15) is 13.2 Å². The van der Waals surface area contributed by atoms with Crippen molar-refractivity contribution in [2.45, 2.75) is 13.1 Å². The van der Waals surface area contributed by atoms with Crippen molar-refractivity contribution in [2.24, 2.45) is 0 Å². The zero-order valence-corrected chi connectivity index (χ0v) is 9.08. The molecule has 0 aromatic carbocycles. The van der Waals surface area contributed by atoms with Gasteiger partial charge in [-0.05, 0) is 6.92 Å². The van der Waals surface area contributed by atoms with Crippen molar-refractivity contribution in [3.8, 4) is 5.88 Å². The van der Waals surface area contributed by atoms with E-state index < -0.39 is 11.9 Å². The summed E-state index contributed by atoms with van der Waals surface area (Å²) in [5.74, 6) is -0.382. The SMILES string of the molecule is CCNc1nc(OCCO)cc(C(F)(F)F)n1. The van der Waals surface area contributed by atoms with E-state index in [-0.39, 0.29) is 25.0 Å². The molecule has 0 bridgehead atoms. The lowest BCUT2D eigenvalue weighted by molar-refractivity contribution is -0.141. The maximum Gasteiger partial charge on any atom is 0.433 e. The number of rotatable bonds is 5. The highest BCUT2D eigenvalue weighted by atomic mass is 19.4. The number of halogens is 3. The quantitative estimate of drug-likeness (QED) is 0.825. The molecule has 0 fully saturated rings. The van der Waals surface area contributed by atoms with Crippen LogP contribution < -0.4 is 10.1 Å². The first-order valence-electron chi connectivity index (χ1n) is 4.91. The molecule has 0 unspecified atom stereocenters. The predicted octanol–water partition coefficient (Wildman–Crippen LogP) is 1.30. The minimum atomic E-state index is -4.57. The summed E-state index contributed by atoms with van der Waals surface area (Å²) in [4.78, 5) is 7.03. The van der Waals surface area contributed by atoms with Crippen LogP contribution in [0.2, 0.25) is 0 Å². The van der Waals surface area contributed by atoms with Gasteiger partial charge in [-0.15, -0.1) is 0 Å². The Hall–Kier alpha value is -1.57. The number of nitrogens with zero attached hydrogens (tertiary/aromatic N) is 2. The van der Waals surface area contributed by atoms with Crippen LogP contribution in [-0.4, -0.2) is 34.8 Å². The normalized spacial score (nSPS) is 11.4. The third kappa shape index (κ3) is 4.06. The van der Waals surface area contributed by atoms with Gasteiger partial charge in [0.05, 0.1) is 6.61 Å². The van der Waals surface area contributed by atoms with E-state index in [1.165, 1.54) is 0 Å². The molecule has 0 atom stereocenters. The Balaban J connectivity index is 3.01. The zero-order valence-electron chi connectivity index (χ0n) is 9.08. The Labute approximate surface area is 95.6 Å². The Bertz CT molecular complexity index is 371. The van der Waals surface area contributed by atoms with Crippen LogP contribution in [0.4, 0.5) is 19.1 Å². The molecule has 1 rings (SSSR count). The summed E-state index contributed by atoms with van der Waals surface area (Å²) in [5.41, 5.74) is -1.09. The maximum atomic E-state index is 12.5. The fourth-order valence-electron chi connectivity index (χ4n) is 1.03. The highest BCUT2D eigenvalue weighted by molar-refractivity contribution is 5.31. The summed E-state index contributed by atoms with van der Waals surface area (Å²) in [6.45, 7) is 1.67. The first kappa shape index (κ1) is 13.5. The lowest BCUT2D eigenvalue weighted by Gasteiger charge is -2.11. The number of nitrogens with one attached hydrogen (secondary N) is 1. The van der Waals surface area contributed by atoms with Gasteiger partial charge in [-0.2, -0.15) is 18.2 Å². The molecular weight excluding hydrogens is 239 g/mol. The van der Waals surface area contributed by atoms with E-state index in [1.807, 2.05) is 0 Å². The molecule has 0 aliphatic heterocycles. The first-order valence-corrected chi connectivity index (χ1v) is 4.91. The van der Waals surface area contributed by atoms with Crippen molar-refractivity contribution in [1.29, 1.82) is 0 Å². The zero-order chi connectivity index (χ0) is 12.9. The number of aliphatic hydroxyl groups is 1. The Morgan fingerprint density at radius 2 is 2.12 bits per heavy atom. The Morgan fingerprint density at radius 1 is 1.41 bits per heavy atom. The van der Waals surface area contributed by atoms with Crippen LogP contribution >= 0.6 is 0 Å². The van der Waals surface area contributed by atoms with Crippen molar-refractivity contribution >= 4 is 5.95 Å². The highest BCUT2D eigenvalue weighted by Gasteiger charge is 2.34. The van der Waals surface area contributed by atoms with Gasteiger partial charge >= 0.3 is 6.18 Å². The van der Waals surface area contributed by atoms with E-state index in [0.717, 1.165) is 0 Å². The lowest BCUT2D eigenvalue weighted by Crippen LogP contribution is -2.13. The van der Waals surface area contributed by atoms with Gasteiger partial charge in [0, 0.05) is 12.6 Å². The summed E-state index contributed by atoms with van der Waals surface area (Å²) in [5, 5.41) is 11.1. The van der Waals surface area contributed by atoms with E-state index >= 15 is 0 Å². The first-order chi connectivity index (χ1) is 7.97. The largest absolute Gasteiger partial charge is 0.475 e. The molecule has 1 heterocycles. The molecule has 96 valence electrons. The highest BCUT2D eigenvalue weighted by Crippen LogP contribution is 2.30. The Kier molecular flexibility index (Phi) is 4.50. The fraction of sp³-hybridized carbons (Fsp3) is 0.556. The average Bonchev–Trinajstić information content (AvgIpc) is 2.25. The standard InChI is InChI=1S/C9H12F3N3O2/c1-2-13-8-14-6(9(10,11)12)5-7(15-8)17-4-3-16/h5,16H,2-4H2,1H3,(H,13,14,15). The van der Waals surface area contributed by atoms with Gasteiger partial charge in [-0.1, -0.05) is 0 Å². The molecule has 0 aliphatic carbocycles. The summed E-state index contributed by atoms with van der Waals surface area (Å²) in [6.07, 6.45) is -4.57. The summed E-state index contributed by atoms with van der Waals surface area (Å²) in [6, 6.07) is 0.691. The molecular formula is C9H12F3N3O2. The van der Waals surface area contributed by atoms with E-state index in [0.29, 0.717) is 12.6 Å². The van der Waals surface area contributed by atoms with Crippen LogP contribution in [-0.2, 0) is 6.18 Å². The fourth-order valence-corrected chi connectivity index (χ4v) is 1.03. The van der Waals surface area contributed by atoms with Crippen molar-refractivity contribution in [3.05, 3.63) is 11.8 Å². The van der Waals surface area contributed by atoms with Gasteiger partial charge in [0.25, 0.3) is 0 Å². The van der Waals surface area contributed by atoms with Gasteiger partial charge in [0.1, 0.15) is 6.61 Å². The van der Waals surface area contributed by atoms with Gasteiger partial charge < -0.3 is 15.2 Å². The molecule has 1 aromatic heterocycles. The van der Waals surface area contributed by atoms with Gasteiger partial charge in [0.2, 0.25) is 11.8 Å². The van der Waals surface area contributed by atoms with Crippen molar-refractivity contribution < 1.29 is 23.0 Å². The minimum Gasteiger partial charge on any atom is -0.475 e. The average molecular weight is 251 g/mol. The number of aromatic nitrogens is 2. The molecule has 0 radical (unpaired) electrons. The van der Waals surface area contributed by atoms with Gasteiger partial charge in [0.15, 0.2) is 5.69 Å². The number of ether oxygens (including phenoxy) is 1. The number of hydrogen-bond donors (Lipinski definition) is 2. The molecule has 0 amide bonds. The molecule has 0 spiro atoms. The number of anilines is 1. The minimum absolute atomic E-state index is 0.125. The summed E-state index contributed by atoms with van der Waals surface area (Å²) < 4.78 is 42.3. The number of hydrogen-bond acceptors (Lipinski definition) is 5. The Morgan fingerprint density at radius 3 is 2.65 bits per heavy atom. The van der Waals surface area contributed by atoms with E-state index in [4.69, 9.17) is 9.84 Å². The van der Waals surface area contributed by atoms with Crippen LogP contribution in [0, 0.1) is 0 Å². The number of alkyl halides is 3. The van der Waals surface area contributed by atoms with Crippen molar-refractivity contribution in [2.75, 3.05) is 25.1 Å². The monoisotopic (exact) mass is 251 g/mol. The lowest BCUT2D eigenvalue weighted by atomic mass is 10.4. The predicted molar refractivity (Wildman–Crippen MR) is 53.8 cm³/mol. The molecule has 8 heteroatoms. The molecule has 17 heavy (non-hydrogen) atoms. The van der Waals surface area contributed by atoms with Crippen LogP contribution in [0.5, 0.6) is 5.88 Å². The second-order valence-corrected chi connectivity index (χ2v) is 3.02. The summed E-state index contributed by atoms with van der Waals surface area (Å²) >= 11 is 0. The van der Waals surface area contributed by atoms with E-state index in [2.05, 4.69) is 15.3 Å². The van der Waals surface area contributed by atoms with Gasteiger partial charge in [-0.3, -0.25) is 0 Å².